The summed E-state index contributed by atoms with van der Waals surface area (Å²) in [4.78, 5) is 16.0. The molecule has 0 aliphatic heterocycles. The second-order valence-electron chi connectivity index (χ2n) is 4.96. The Morgan fingerprint density at radius 3 is 2.75 bits per heavy atom. The maximum Gasteiger partial charge on any atom is 0.241 e. The molecule has 1 amide bonds. The molecule has 1 atom stereocenters. The van der Waals surface area contributed by atoms with Crippen molar-refractivity contribution in [1.29, 1.82) is 0 Å². The smallest absolute Gasteiger partial charge is 0.241 e. The number of nitrogens with one attached hydrogen (secondary N) is 3. The van der Waals surface area contributed by atoms with Crippen molar-refractivity contribution in [2.24, 2.45) is 4.99 Å². The normalized spacial score (nSPS) is 12.1. The van der Waals surface area contributed by atoms with E-state index in [9.17, 15) is 4.79 Å². The fraction of sp³-hybridized carbons (Fsp3) is 0.500. The van der Waals surface area contributed by atoms with E-state index in [1.807, 2.05) is 38.1 Å². The SMILES string of the molecule is CCNC(=NCC(=O)NCCOC)NC(C)c1cccc(Cl)c1.I. The number of benzene rings is 1. The van der Waals surface area contributed by atoms with Crippen LogP contribution in [0.25, 0.3) is 0 Å². The second-order valence-corrected chi connectivity index (χ2v) is 5.40. The molecular formula is C16H26ClIN4O2. The third-order valence-electron chi connectivity index (χ3n) is 3.06. The highest BCUT2D eigenvalue weighted by molar-refractivity contribution is 14.0. The Bertz CT molecular complexity index is 529. The Kier molecular flexibility index (Phi) is 12.7. The molecule has 0 aliphatic rings. The molecule has 8 heteroatoms. The van der Waals surface area contributed by atoms with Crippen molar-refractivity contribution in [3.63, 3.8) is 0 Å². The number of nitrogens with zero attached hydrogens (tertiary/aromatic N) is 1. The summed E-state index contributed by atoms with van der Waals surface area (Å²) in [6.45, 7) is 5.71. The Morgan fingerprint density at radius 1 is 1.38 bits per heavy atom. The van der Waals surface area contributed by atoms with Gasteiger partial charge in [-0.3, -0.25) is 4.79 Å². The number of guanidine groups is 1. The van der Waals surface area contributed by atoms with Gasteiger partial charge in [0.1, 0.15) is 6.54 Å². The molecule has 0 saturated heterocycles. The number of halogens is 2. The molecule has 0 aromatic heterocycles. The van der Waals surface area contributed by atoms with Gasteiger partial charge in [-0.15, -0.1) is 24.0 Å². The Balaban J connectivity index is 0.00000529. The number of rotatable bonds is 8. The van der Waals surface area contributed by atoms with Crippen LogP contribution in [-0.2, 0) is 9.53 Å². The van der Waals surface area contributed by atoms with Crippen molar-refractivity contribution in [3.05, 3.63) is 34.9 Å². The summed E-state index contributed by atoms with van der Waals surface area (Å²) >= 11 is 6.01. The van der Waals surface area contributed by atoms with E-state index < -0.39 is 0 Å². The van der Waals surface area contributed by atoms with Gasteiger partial charge in [0.15, 0.2) is 5.96 Å². The first-order valence-electron chi connectivity index (χ1n) is 7.62. The van der Waals surface area contributed by atoms with Gasteiger partial charge < -0.3 is 20.7 Å². The average molecular weight is 469 g/mol. The minimum atomic E-state index is -0.144. The number of hydrogen-bond donors (Lipinski definition) is 3. The van der Waals surface area contributed by atoms with Crippen molar-refractivity contribution in [2.75, 3.05) is 33.4 Å². The van der Waals surface area contributed by atoms with Crippen molar-refractivity contribution >= 4 is 47.4 Å². The molecule has 1 aromatic rings. The van der Waals surface area contributed by atoms with Crippen LogP contribution in [0.15, 0.2) is 29.3 Å². The van der Waals surface area contributed by atoms with Crippen LogP contribution < -0.4 is 16.0 Å². The van der Waals surface area contributed by atoms with Gasteiger partial charge in [-0.1, -0.05) is 23.7 Å². The summed E-state index contributed by atoms with van der Waals surface area (Å²) in [5, 5.41) is 9.80. The average Bonchev–Trinajstić information content (AvgIpc) is 2.53. The molecule has 136 valence electrons. The van der Waals surface area contributed by atoms with Crippen LogP contribution in [0.1, 0.15) is 25.5 Å². The van der Waals surface area contributed by atoms with Gasteiger partial charge in [0.05, 0.1) is 12.6 Å². The second kappa shape index (κ2) is 13.3. The number of methoxy groups -OCH3 is 1. The molecule has 1 rings (SSSR count). The topological polar surface area (TPSA) is 74.8 Å². The van der Waals surface area contributed by atoms with Gasteiger partial charge in [-0.05, 0) is 31.5 Å². The van der Waals surface area contributed by atoms with Crippen molar-refractivity contribution in [3.8, 4) is 0 Å². The highest BCUT2D eigenvalue weighted by Gasteiger charge is 2.09. The van der Waals surface area contributed by atoms with Crippen LogP contribution in [0.2, 0.25) is 5.02 Å². The van der Waals surface area contributed by atoms with E-state index in [4.69, 9.17) is 16.3 Å². The molecule has 0 fully saturated rings. The minimum absolute atomic E-state index is 0. The molecule has 3 N–H and O–H groups in total. The highest BCUT2D eigenvalue weighted by atomic mass is 127. The molecular weight excluding hydrogens is 443 g/mol. The number of amides is 1. The third-order valence-corrected chi connectivity index (χ3v) is 3.29. The lowest BCUT2D eigenvalue weighted by Crippen LogP contribution is -2.40. The molecule has 0 heterocycles. The number of carbonyl (C=O) groups is 1. The van der Waals surface area contributed by atoms with Gasteiger partial charge in [0, 0.05) is 25.2 Å². The van der Waals surface area contributed by atoms with E-state index in [-0.39, 0.29) is 42.5 Å². The van der Waals surface area contributed by atoms with Gasteiger partial charge in [0.2, 0.25) is 5.91 Å². The van der Waals surface area contributed by atoms with Crippen LogP contribution in [0.5, 0.6) is 0 Å². The fourth-order valence-corrected chi connectivity index (χ4v) is 2.08. The Hall–Kier alpha value is -1.06. The first-order chi connectivity index (χ1) is 11.1. The lowest BCUT2D eigenvalue weighted by atomic mass is 10.1. The fourth-order valence-electron chi connectivity index (χ4n) is 1.88. The first kappa shape index (κ1) is 22.9. The summed E-state index contributed by atoms with van der Waals surface area (Å²) in [6.07, 6.45) is 0. The van der Waals surface area contributed by atoms with Gasteiger partial charge in [-0.2, -0.15) is 0 Å². The van der Waals surface area contributed by atoms with Crippen molar-refractivity contribution in [2.45, 2.75) is 19.9 Å². The predicted octanol–water partition coefficient (Wildman–Crippen LogP) is 2.34. The number of hydrogen-bond acceptors (Lipinski definition) is 3. The zero-order valence-corrected chi connectivity index (χ0v) is 17.4. The molecule has 0 spiro atoms. The maximum absolute atomic E-state index is 11.7. The third kappa shape index (κ3) is 9.29. The van der Waals surface area contributed by atoms with E-state index in [1.165, 1.54) is 0 Å². The molecule has 0 radical (unpaired) electrons. The molecule has 1 unspecified atom stereocenters. The maximum atomic E-state index is 11.7. The quantitative estimate of drug-likeness (QED) is 0.237. The van der Waals surface area contributed by atoms with Crippen molar-refractivity contribution < 1.29 is 9.53 Å². The lowest BCUT2D eigenvalue weighted by molar-refractivity contribution is -0.119. The Morgan fingerprint density at radius 2 is 2.12 bits per heavy atom. The molecule has 0 bridgehead atoms. The van der Waals surface area contributed by atoms with E-state index in [1.54, 1.807) is 7.11 Å². The van der Waals surface area contributed by atoms with E-state index in [0.717, 1.165) is 5.56 Å². The van der Waals surface area contributed by atoms with Crippen LogP contribution >= 0.6 is 35.6 Å². The van der Waals surface area contributed by atoms with Crippen LogP contribution in [0.3, 0.4) is 0 Å². The van der Waals surface area contributed by atoms with E-state index >= 15 is 0 Å². The van der Waals surface area contributed by atoms with Crippen LogP contribution in [-0.4, -0.2) is 45.2 Å². The zero-order valence-electron chi connectivity index (χ0n) is 14.3. The van der Waals surface area contributed by atoms with Crippen LogP contribution in [0.4, 0.5) is 0 Å². The van der Waals surface area contributed by atoms with Gasteiger partial charge in [0.25, 0.3) is 0 Å². The molecule has 0 aliphatic carbocycles. The predicted molar refractivity (Wildman–Crippen MR) is 109 cm³/mol. The number of aliphatic imine (C=N–C) groups is 1. The van der Waals surface area contributed by atoms with Crippen molar-refractivity contribution in [1.82, 2.24) is 16.0 Å². The standard InChI is InChI=1S/C16H25ClN4O2.HI/c1-4-18-16(20-11-15(22)19-8-9-23-3)21-12(2)13-6-5-7-14(17)10-13;/h5-7,10,12H,4,8-9,11H2,1-3H3,(H,19,22)(H2,18,20,21);1H. The van der Waals surface area contributed by atoms with E-state index in [0.29, 0.717) is 30.7 Å². The molecule has 1 aromatic carbocycles. The summed E-state index contributed by atoms with van der Waals surface area (Å²) in [5.74, 6) is 0.441. The highest BCUT2D eigenvalue weighted by Crippen LogP contribution is 2.17. The van der Waals surface area contributed by atoms with E-state index in [2.05, 4.69) is 20.9 Å². The number of ether oxygens (including phenoxy) is 1. The molecule has 0 saturated carbocycles. The summed E-state index contributed by atoms with van der Waals surface area (Å²) in [7, 11) is 1.59. The van der Waals surface area contributed by atoms with Crippen LogP contribution in [0, 0.1) is 0 Å². The zero-order chi connectivity index (χ0) is 17.1. The minimum Gasteiger partial charge on any atom is -0.383 e. The first-order valence-corrected chi connectivity index (χ1v) is 8.00. The number of carbonyl (C=O) groups excluding carboxylic acids is 1. The lowest BCUT2D eigenvalue weighted by Gasteiger charge is -2.18. The summed E-state index contributed by atoms with van der Waals surface area (Å²) < 4.78 is 4.88. The van der Waals surface area contributed by atoms with Gasteiger partial charge >= 0.3 is 0 Å². The Labute approximate surface area is 165 Å². The molecule has 6 nitrogen and oxygen atoms in total. The van der Waals surface area contributed by atoms with Gasteiger partial charge in [-0.25, -0.2) is 4.99 Å². The summed E-state index contributed by atoms with van der Waals surface area (Å²) in [5.41, 5.74) is 1.05. The summed E-state index contributed by atoms with van der Waals surface area (Å²) in [6, 6.07) is 7.65. The monoisotopic (exact) mass is 468 g/mol. The largest absolute Gasteiger partial charge is 0.383 e. The molecule has 24 heavy (non-hydrogen) atoms.